The number of aliphatic hydroxyl groups is 1. The van der Waals surface area contributed by atoms with Crippen LogP contribution < -0.4 is 5.73 Å². The van der Waals surface area contributed by atoms with Crippen molar-refractivity contribution >= 4 is 28.7 Å². The maximum Gasteiger partial charge on any atom is 0.223 e. The summed E-state index contributed by atoms with van der Waals surface area (Å²) in [6.07, 6.45) is 5.03. The van der Waals surface area contributed by atoms with Gasteiger partial charge < -0.3 is 15.4 Å². The number of imidazole rings is 1. The lowest BCUT2D eigenvalue weighted by molar-refractivity contribution is 0.105. The molecule has 0 aromatic carbocycles. The van der Waals surface area contributed by atoms with Gasteiger partial charge in [-0.25, -0.2) is 4.98 Å². The van der Waals surface area contributed by atoms with Gasteiger partial charge >= 0.3 is 0 Å². The normalized spacial score (nSPS) is 24.6. The molecule has 7 heteroatoms. The summed E-state index contributed by atoms with van der Waals surface area (Å²) in [6, 6.07) is 0.198. The van der Waals surface area contributed by atoms with Gasteiger partial charge in [0, 0.05) is 6.04 Å². The molecule has 0 radical (unpaired) electrons. The minimum absolute atomic E-state index is 0.144. The first-order chi connectivity index (χ1) is 8.65. The fourth-order valence-electron chi connectivity index (χ4n) is 2.56. The van der Waals surface area contributed by atoms with E-state index in [-0.39, 0.29) is 23.2 Å². The highest BCUT2D eigenvalue weighted by molar-refractivity contribution is 6.33. The van der Waals surface area contributed by atoms with Crippen LogP contribution in [-0.4, -0.2) is 30.7 Å². The van der Waals surface area contributed by atoms with E-state index in [4.69, 9.17) is 17.3 Å². The van der Waals surface area contributed by atoms with Crippen molar-refractivity contribution in [2.45, 2.75) is 37.8 Å². The third-order valence-electron chi connectivity index (χ3n) is 3.41. The summed E-state index contributed by atoms with van der Waals surface area (Å²) in [7, 11) is 0. The minimum atomic E-state index is -0.254. The van der Waals surface area contributed by atoms with Crippen molar-refractivity contribution in [3.63, 3.8) is 0 Å². The number of rotatable bonds is 1. The van der Waals surface area contributed by atoms with E-state index < -0.39 is 0 Å². The van der Waals surface area contributed by atoms with E-state index in [0.29, 0.717) is 17.6 Å². The van der Waals surface area contributed by atoms with Crippen LogP contribution in [0.1, 0.15) is 31.7 Å². The van der Waals surface area contributed by atoms with Gasteiger partial charge in [0.25, 0.3) is 0 Å². The van der Waals surface area contributed by atoms with Gasteiger partial charge in [-0.3, -0.25) is 0 Å². The van der Waals surface area contributed by atoms with Crippen molar-refractivity contribution in [2.24, 2.45) is 0 Å². The number of anilines is 1. The van der Waals surface area contributed by atoms with Gasteiger partial charge in [0.1, 0.15) is 5.52 Å². The Morgan fingerprint density at radius 1 is 1.39 bits per heavy atom. The number of aliphatic hydroxyl groups excluding tert-OH is 1. The summed E-state index contributed by atoms with van der Waals surface area (Å²) in [5.41, 5.74) is 6.82. The molecule has 0 unspecified atom stereocenters. The van der Waals surface area contributed by atoms with Crippen molar-refractivity contribution < 1.29 is 5.11 Å². The van der Waals surface area contributed by atoms with E-state index in [1.165, 1.54) is 0 Å². The van der Waals surface area contributed by atoms with Crippen LogP contribution in [0.3, 0.4) is 0 Å². The molecule has 1 fully saturated rings. The molecule has 2 atom stereocenters. The van der Waals surface area contributed by atoms with E-state index in [9.17, 15) is 5.11 Å². The second-order valence-electron chi connectivity index (χ2n) is 4.67. The maximum atomic E-state index is 9.74. The second kappa shape index (κ2) is 4.37. The molecule has 18 heavy (non-hydrogen) atoms. The van der Waals surface area contributed by atoms with Crippen molar-refractivity contribution in [3.8, 4) is 0 Å². The zero-order valence-electron chi connectivity index (χ0n) is 9.75. The van der Waals surface area contributed by atoms with E-state index in [0.717, 1.165) is 19.3 Å². The average Bonchev–Trinajstić information content (AvgIpc) is 2.72. The third kappa shape index (κ3) is 1.91. The fourth-order valence-corrected chi connectivity index (χ4v) is 2.78. The largest absolute Gasteiger partial charge is 0.393 e. The number of hydrogen-bond donors (Lipinski definition) is 2. The Kier molecular flexibility index (Phi) is 2.83. The molecule has 0 spiro atoms. The smallest absolute Gasteiger partial charge is 0.223 e. The molecule has 1 aliphatic carbocycles. The highest BCUT2D eigenvalue weighted by Crippen LogP contribution is 2.31. The molecule has 2 aromatic heterocycles. The van der Waals surface area contributed by atoms with Crippen molar-refractivity contribution in [2.75, 3.05) is 5.73 Å². The van der Waals surface area contributed by atoms with Crippen molar-refractivity contribution in [1.82, 2.24) is 19.5 Å². The molecular weight excluding hydrogens is 254 g/mol. The number of fused-ring (bicyclic) bond motifs is 1. The Morgan fingerprint density at radius 3 is 3.00 bits per heavy atom. The number of hydrogen-bond acceptors (Lipinski definition) is 5. The first-order valence-corrected chi connectivity index (χ1v) is 6.36. The van der Waals surface area contributed by atoms with Gasteiger partial charge in [-0.2, -0.15) is 9.97 Å². The predicted molar refractivity (Wildman–Crippen MR) is 68.3 cm³/mol. The minimum Gasteiger partial charge on any atom is -0.393 e. The topological polar surface area (TPSA) is 89.8 Å². The van der Waals surface area contributed by atoms with E-state index >= 15 is 0 Å². The molecular formula is C11H14ClN5O. The molecule has 0 saturated heterocycles. The van der Waals surface area contributed by atoms with Crippen LogP contribution in [-0.2, 0) is 0 Å². The van der Waals surface area contributed by atoms with Gasteiger partial charge in [0.05, 0.1) is 12.4 Å². The van der Waals surface area contributed by atoms with Crippen LogP contribution in [0.2, 0.25) is 5.15 Å². The lowest BCUT2D eigenvalue weighted by atomic mass is 9.93. The van der Waals surface area contributed by atoms with Gasteiger partial charge in [-0.15, -0.1) is 0 Å². The monoisotopic (exact) mass is 267 g/mol. The van der Waals surface area contributed by atoms with Crippen LogP contribution in [0.25, 0.3) is 11.2 Å². The van der Waals surface area contributed by atoms with E-state index in [2.05, 4.69) is 15.0 Å². The summed E-state index contributed by atoms with van der Waals surface area (Å²) in [4.78, 5) is 12.3. The molecule has 0 amide bonds. The summed E-state index contributed by atoms with van der Waals surface area (Å²) < 4.78 is 1.95. The molecule has 1 saturated carbocycles. The van der Waals surface area contributed by atoms with Crippen molar-refractivity contribution in [3.05, 3.63) is 11.5 Å². The summed E-state index contributed by atoms with van der Waals surface area (Å²) in [5, 5.41) is 10.0. The van der Waals surface area contributed by atoms with Crippen LogP contribution in [0.4, 0.5) is 5.95 Å². The molecule has 6 nitrogen and oxygen atoms in total. The predicted octanol–water partition coefficient (Wildman–Crippen LogP) is 1.54. The molecule has 2 heterocycles. The van der Waals surface area contributed by atoms with Crippen LogP contribution in [0, 0.1) is 0 Å². The molecule has 0 aliphatic heterocycles. The lowest BCUT2D eigenvalue weighted by Crippen LogP contribution is -2.22. The lowest BCUT2D eigenvalue weighted by Gasteiger charge is -2.26. The van der Waals surface area contributed by atoms with E-state index in [1.807, 2.05) is 4.57 Å². The molecule has 96 valence electrons. The number of aromatic nitrogens is 4. The standard InChI is InChI=1S/C11H14ClN5O/c12-9-8-10(16-11(13)15-9)17(5-14-8)6-2-1-3-7(18)4-6/h5-7,18H,1-4H2,(H2,13,15,16)/t6-,7+/m1/s1. The zero-order valence-corrected chi connectivity index (χ0v) is 10.5. The third-order valence-corrected chi connectivity index (χ3v) is 3.67. The Bertz CT molecular complexity index is 584. The summed E-state index contributed by atoms with van der Waals surface area (Å²) in [6.45, 7) is 0. The number of halogens is 1. The molecule has 3 N–H and O–H groups in total. The molecule has 0 bridgehead atoms. The zero-order chi connectivity index (χ0) is 12.7. The number of nitrogens with zero attached hydrogens (tertiary/aromatic N) is 4. The van der Waals surface area contributed by atoms with Crippen LogP contribution in [0.15, 0.2) is 6.33 Å². The Hall–Kier alpha value is -1.40. The Labute approximate surface area is 109 Å². The molecule has 1 aliphatic rings. The molecule has 2 aromatic rings. The highest BCUT2D eigenvalue weighted by atomic mass is 35.5. The van der Waals surface area contributed by atoms with Gasteiger partial charge in [0.15, 0.2) is 10.8 Å². The first kappa shape index (κ1) is 11.7. The number of nitrogen functional groups attached to an aromatic ring is 1. The fraction of sp³-hybridized carbons (Fsp3) is 0.545. The van der Waals surface area contributed by atoms with Gasteiger partial charge in [0.2, 0.25) is 5.95 Å². The summed E-state index contributed by atoms with van der Waals surface area (Å²) in [5.74, 6) is 0.144. The molecule has 3 rings (SSSR count). The first-order valence-electron chi connectivity index (χ1n) is 5.99. The Balaban J connectivity index is 2.06. The number of nitrogens with two attached hydrogens (primary N) is 1. The second-order valence-corrected chi connectivity index (χ2v) is 5.03. The van der Waals surface area contributed by atoms with Crippen LogP contribution >= 0.6 is 11.6 Å². The maximum absolute atomic E-state index is 9.74. The van der Waals surface area contributed by atoms with Gasteiger partial charge in [-0.1, -0.05) is 11.6 Å². The average molecular weight is 268 g/mol. The van der Waals surface area contributed by atoms with E-state index in [1.54, 1.807) is 6.33 Å². The van der Waals surface area contributed by atoms with Crippen molar-refractivity contribution in [1.29, 1.82) is 0 Å². The summed E-state index contributed by atoms with van der Waals surface area (Å²) >= 11 is 5.99. The SMILES string of the molecule is Nc1nc(Cl)c2ncn([C@@H]3CCC[C@H](O)C3)c2n1. The highest BCUT2D eigenvalue weighted by Gasteiger charge is 2.24. The quantitative estimate of drug-likeness (QED) is 0.765. The Morgan fingerprint density at radius 2 is 2.22 bits per heavy atom. The van der Waals surface area contributed by atoms with Crippen LogP contribution in [0.5, 0.6) is 0 Å². The van der Waals surface area contributed by atoms with Gasteiger partial charge in [-0.05, 0) is 25.7 Å².